The summed E-state index contributed by atoms with van der Waals surface area (Å²) < 4.78 is 7.33. The van der Waals surface area contributed by atoms with Crippen molar-refractivity contribution in [3.05, 3.63) is 35.5 Å². The number of ether oxygens (including phenoxy) is 1. The summed E-state index contributed by atoms with van der Waals surface area (Å²) in [4.78, 5) is 8.76. The van der Waals surface area contributed by atoms with Crippen molar-refractivity contribution < 1.29 is 62.9 Å². The van der Waals surface area contributed by atoms with Crippen LogP contribution in [0.1, 0.15) is 31.0 Å². The fourth-order valence-electron chi connectivity index (χ4n) is 2.80. The molecular formula is C18H23N6ORb. The monoisotopic (exact) mass is 424 g/mol. The maximum atomic E-state index is 5.88. The Labute approximate surface area is 202 Å². The summed E-state index contributed by atoms with van der Waals surface area (Å²) in [5.41, 5.74) is 9.35. The molecule has 0 aliphatic rings. The van der Waals surface area contributed by atoms with Gasteiger partial charge in [-0.25, -0.2) is 4.98 Å². The summed E-state index contributed by atoms with van der Waals surface area (Å²) in [6, 6.07) is 8.69. The number of benzene rings is 1. The van der Waals surface area contributed by atoms with E-state index in [1.165, 1.54) is 0 Å². The Morgan fingerprint density at radius 1 is 1.35 bits per heavy atom. The zero-order valence-electron chi connectivity index (χ0n) is 15.8. The molecule has 3 aromatic rings. The van der Waals surface area contributed by atoms with Gasteiger partial charge in [-0.15, -0.1) is 6.07 Å². The summed E-state index contributed by atoms with van der Waals surface area (Å²) >= 11 is 0. The fraction of sp³-hybridized carbons (Fsp3) is 0.389. The first-order valence-corrected chi connectivity index (χ1v) is 8.41. The predicted octanol–water partition coefficient (Wildman–Crippen LogP) is -0.210. The Morgan fingerprint density at radius 2 is 2.15 bits per heavy atom. The van der Waals surface area contributed by atoms with Gasteiger partial charge in [-0.3, -0.25) is 4.68 Å². The number of aromatic nitrogens is 4. The number of nitrogen functional groups attached to an aromatic ring is 1. The van der Waals surface area contributed by atoms with Crippen LogP contribution >= 0.6 is 0 Å². The molecule has 1 aromatic carbocycles. The molecule has 3 rings (SSSR count). The largest absolute Gasteiger partial charge is 1.00 e. The van der Waals surface area contributed by atoms with E-state index < -0.39 is 0 Å². The van der Waals surface area contributed by atoms with Gasteiger partial charge in [0.25, 0.3) is 0 Å². The smallest absolute Gasteiger partial charge is 0.554 e. The minimum Gasteiger partial charge on any atom is -0.554 e. The third kappa shape index (κ3) is 4.63. The zero-order chi connectivity index (χ0) is 17.8. The number of rotatable bonds is 7. The third-order valence-corrected chi connectivity index (χ3v) is 4.05. The number of nitrogens with two attached hydrogens (primary N) is 1. The van der Waals surface area contributed by atoms with Crippen LogP contribution in [0.4, 0.5) is 11.8 Å². The summed E-state index contributed by atoms with van der Waals surface area (Å²) in [6.45, 7) is 5.46. The number of anilines is 2. The van der Waals surface area contributed by atoms with Crippen molar-refractivity contribution in [1.29, 1.82) is 0 Å². The second-order valence-corrected chi connectivity index (χ2v) is 5.89. The molecule has 0 aliphatic carbocycles. The van der Waals surface area contributed by atoms with Crippen LogP contribution in [0.15, 0.2) is 18.2 Å². The molecule has 7 nitrogen and oxygen atoms in total. The first-order chi connectivity index (χ1) is 12.1. The van der Waals surface area contributed by atoms with Gasteiger partial charge in [0.2, 0.25) is 5.95 Å². The average molecular weight is 425 g/mol. The van der Waals surface area contributed by atoms with Crippen molar-refractivity contribution >= 4 is 22.8 Å². The molecule has 0 unspecified atom stereocenters. The minimum absolute atomic E-state index is 0. The van der Waals surface area contributed by atoms with E-state index in [-0.39, 0.29) is 64.1 Å². The Bertz CT molecular complexity index is 879. The molecule has 0 saturated heterocycles. The predicted molar refractivity (Wildman–Crippen MR) is 98.8 cm³/mol. The van der Waals surface area contributed by atoms with Crippen LogP contribution in [0.25, 0.3) is 11.0 Å². The van der Waals surface area contributed by atoms with Gasteiger partial charge in [0.05, 0.1) is 12.8 Å². The van der Waals surface area contributed by atoms with Crippen LogP contribution in [0.5, 0.6) is 5.75 Å². The van der Waals surface area contributed by atoms with Crippen LogP contribution in [0.3, 0.4) is 0 Å². The quantitative estimate of drug-likeness (QED) is 0.403. The normalized spacial score (nSPS) is 10.6. The van der Waals surface area contributed by atoms with Crippen molar-refractivity contribution in [2.24, 2.45) is 0 Å². The van der Waals surface area contributed by atoms with Crippen molar-refractivity contribution in [3.63, 3.8) is 0 Å². The SMILES string of the molecule is CCCCNc1nc(N)nc2c(C)nn(Cc3cc[c-]cc3OC)c12.[Rb+]. The van der Waals surface area contributed by atoms with Gasteiger partial charge in [0.15, 0.2) is 5.82 Å². The van der Waals surface area contributed by atoms with Crippen LogP contribution in [-0.4, -0.2) is 33.4 Å². The molecule has 8 heteroatoms. The van der Waals surface area contributed by atoms with Gasteiger partial charge in [-0.1, -0.05) is 18.9 Å². The van der Waals surface area contributed by atoms with Crippen molar-refractivity contribution in [2.45, 2.75) is 33.2 Å². The van der Waals surface area contributed by atoms with Crippen LogP contribution in [-0.2, 0) is 6.54 Å². The second-order valence-electron chi connectivity index (χ2n) is 5.89. The van der Waals surface area contributed by atoms with E-state index in [1.807, 2.05) is 29.8 Å². The van der Waals surface area contributed by atoms with Gasteiger partial charge in [0.1, 0.15) is 11.0 Å². The minimum atomic E-state index is 0. The standard InChI is InChI=1S/C18H23N6O.Rb/c1-4-5-10-20-17-16-15(21-18(19)22-17)12(2)23-24(16)11-13-8-6-7-9-14(13)25-3;/h6,8-9H,4-5,10-11H2,1-3H3,(H3,19,20,21,22);/q-1;+1. The van der Waals surface area contributed by atoms with Crippen LogP contribution in [0.2, 0.25) is 0 Å². The first kappa shape index (κ1) is 21.3. The average Bonchev–Trinajstić information content (AvgIpc) is 2.91. The van der Waals surface area contributed by atoms with E-state index in [1.54, 1.807) is 7.11 Å². The number of aryl methyl sites for hydroxylation is 1. The first-order valence-electron chi connectivity index (χ1n) is 8.41. The number of methoxy groups -OCH3 is 1. The molecule has 0 fully saturated rings. The molecule has 0 saturated carbocycles. The molecule has 0 atom stereocenters. The van der Waals surface area contributed by atoms with E-state index in [2.05, 4.69) is 33.4 Å². The van der Waals surface area contributed by atoms with Gasteiger partial charge >= 0.3 is 58.2 Å². The number of unbranched alkanes of at least 4 members (excludes halogenated alkanes) is 1. The van der Waals surface area contributed by atoms with E-state index in [4.69, 9.17) is 10.5 Å². The Balaban J connectivity index is 0.00000243. The molecule has 0 aliphatic heterocycles. The summed E-state index contributed by atoms with van der Waals surface area (Å²) in [5, 5.41) is 8.01. The molecule has 3 N–H and O–H groups in total. The van der Waals surface area contributed by atoms with E-state index in [9.17, 15) is 0 Å². The molecule has 2 aromatic heterocycles. The second kappa shape index (κ2) is 9.78. The molecule has 0 amide bonds. The van der Waals surface area contributed by atoms with Crippen LogP contribution in [0, 0.1) is 13.0 Å². The number of hydrogen-bond acceptors (Lipinski definition) is 6. The summed E-state index contributed by atoms with van der Waals surface area (Å²) in [6.07, 6.45) is 2.16. The molecular weight excluding hydrogens is 402 g/mol. The third-order valence-electron chi connectivity index (χ3n) is 4.05. The number of fused-ring (bicyclic) bond motifs is 1. The molecule has 0 spiro atoms. The molecule has 132 valence electrons. The van der Waals surface area contributed by atoms with Gasteiger partial charge in [-0.05, 0) is 13.3 Å². The topological polar surface area (TPSA) is 90.9 Å². The number of hydrogen-bond donors (Lipinski definition) is 2. The fourth-order valence-corrected chi connectivity index (χ4v) is 2.80. The maximum absolute atomic E-state index is 5.88. The Hall–Kier alpha value is -1.02. The summed E-state index contributed by atoms with van der Waals surface area (Å²) in [5.74, 6) is 1.75. The zero-order valence-corrected chi connectivity index (χ0v) is 20.8. The molecule has 0 bridgehead atoms. The van der Waals surface area contributed by atoms with Crippen molar-refractivity contribution in [3.8, 4) is 5.75 Å². The number of nitrogens with one attached hydrogen (secondary N) is 1. The van der Waals surface area contributed by atoms with Gasteiger partial charge in [0, 0.05) is 18.8 Å². The molecule has 2 heterocycles. The molecule has 26 heavy (non-hydrogen) atoms. The van der Waals surface area contributed by atoms with Crippen molar-refractivity contribution in [2.75, 3.05) is 24.7 Å². The van der Waals surface area contributed by atoms with Gasteiger partial charge in [-0.2, -0.15) is 28.3 Å². The van der Waals surface area contributed by atoms with E-state index in [0.717, 1.165) is 53.2 Å². The van der Waals surface area contributed by atoms with E-state index in [0.29, 0.717) is 6.54 Å². The van der Waals surface area contributed by atoms with E-state index >= 15 is 0 Å². The Kier molecular flexibility index (Phi) is 8.00. The maximum Gasteiger partial charge on any atom is 1.00 e. The van der Waals surface area contributed by atoms with Gasteiger partial charge < -0.3 is 15.8 Å². The molecule has 0 radical (unpaired) electrons. The van der Waals surface area contributed by atoms with Crippen LogP contribution < -0.4 is 74.0 Å². The summed E-state index contributed by atoms with van der Waals surface area (Å²) in [7, 11) is 1.65. The van der Waals surface area contributed by atoms with Crippen molar-refractivity contribution in [1.82, 2.24) is 19.7 Å². The number of nitrogens with zero attached hydrogens (tertiary/aromatic N) is 4. The Morgan fingerprint density at radius 3 is 2.88 bits per heavy atom.